The minimum atomic E-state index is -1.41. The molecule has 0 saturated heterocycles. The fourth-order valence-electron chi connectivity index (χ4n) is 2.20. The van der Waals surface area contributed by atoms with E-state index in [1.807, 2.05) is 24.3 Å². The predicted molar refractivity (Wildman–Crippen MR) is 125 cm³/mol. The largest absolute Gasteiger partial charge is 0.457 e. The zero-order chi connectivity index (χ0) is 22.8. The first-order chi connectivity index (χ1) is 14.4. The van der Waals surface area contributed by atoms with Crippen molar-refractivity contribution in [2.45, 2.75) is 50.2 Å². The lowest BCUT2D eigenvalue weighted by molar-refractivity contribution is -0.179. The molecule has 2 aromatic heterocycles. The van der Waals surface area contributed by atoms with Crippen LogP contribution in [0.4, 0.5) is 5.13 Å². The molecule has 3 aromatic rings. The van der Waals surface area contributed by atoms with Crippen molar-refractivity contribution in [3.8, 4) is 0 Å². The van der Waals surface area contributed by atoms with Gasteiger partial charge in [0.05, 0.1) is 15.1 Å². The molecule has 0 bridgehead atoms. The summed E-state index contributed by atoms with van der Waals surface area (Å²) in [6.07, 6.45) is 1.44. The maximum atomic E-state index is 13.1. The lowest BCUT2D eigenvalue weighted by atomic mass is 10.1. The van der Waals surface area contributed by atoms with Crippen molar-refractivity contribution in [3.05, 3.63) is 35.3 Å². The van der Waals surface area contributed by atoms with E-state index in [-0.39, 0.29) is 10.8 Å². The van der Waals surface area contributed by atoms with Crippen LogP contribution in [0.5, 0.6) is 0 Å². The maximum Gasteiger partial charge on any atom is 0.353 e. The van der Waals surface area contributed by atoms with Gasteiger partial charge in [-0.3, -0.25) is 4.79 Å². The number of oxime groups is 1. The molecule has 0 aliphatic carbocycles. The molecule has 0 fully saturated rings. The number of nitrogens with two attached hydrogens (primary N) is 1. The topological polar surface area (TPSA) is 117 Å². The van der Waals surface area contributed by atoms with Crippen molar-refractivity contribution in [2.24, 2.45) is 5.16 Å². The Kier molecular flexibility index (Phi) is 6.68. The molecule has 1 aromatic carbocycles. The first-order valence-electron chi connectivity index (χ1n) is 9.24. The Morgan fingerprint density at radius 2 is 1.84 bits per heavy atom. The van der Waals surface area contributed by atoms with Gasteiger partial charge in [0, 0.05) is 6.20 Å². The second-order valence-corrected chi connectivity index (χ2v) is 11.3. The van der Waals surface area contributed by atoms with Gasteiger partial charge in [0.25, 0.3) is 0 Å². The van der Waals surface area contributed by atoms with E-state index in [2.05, 4.69) is 15.1 Å². The number of carbonyl (C=O) groups is 2. The van der Waals surface area contributed by atoms with Crippen LogP contribution in [0.2, 0.25) is 0 Å². The van der Waals surface area contributed by atoms with Crippen LogP contribution in [0.15, 0.2) is 40.0 Å². The summed E-state index contributed by atoms with van der Waals surface area (Å²) in [5.74, 6) is -0.599. The van der Waals surface area contributed by atoms with E-state index >= 15 is 0 Å². The number of fused-ring (bicyclic) bond motifs is 1. The summed E-state index contributed by atoms with van der Waals surface area (Å²) in [6, 6.07) is 7.62. The highest BCUT2D eigenvalue weighted by Gasteiger charge is 2.36. The summed E-state index contributed by atoms with van der Waals surface area (Å²) in [7, 11) is 0. The van der Waals surface area contributed by atoms with E-state index < -0.39 is 22.3 Å². The first kappa shape index (κ1) is 23.2. The van der Waals surface area contributed by atoms with Crippen LogP contribution in [0.3, 0.4) is 0 Å². The number of thiazole rings is 2. The van der Waals surface area contributed by atoms with Crippen molar-refractivity contribution in [2.75, 3.05) is 5.73 Å². The average Bonchev–Trinajstić information content (AvgIpc) is 3.25. The van der Waals surface area contributed by atoms with Gasteiger partial charge in [-0.25, -0.2) is 14.8 Å². The maximum absolute atomic E-state index is 13.1. The van der Waals surface area contributed by atoms with Gasteiger partial charge in [-0.15, -0.1) is 11.3 Å². The normalized spacial score (nSPS) is 12.7. The van der Waals surface area contributed by atoms with Gasteiger partial charge in [0.2, 0.25) is 10.7 Å². The third kappa shape index (κ3) is 6.02. The highest BCUT2D eigenvalue weighted by Crippen LogP contribution is 2.31. The molecule has 0 radical (unpaired) electrons. The lowest BCUT2D eigenvalue weighted by Gasteiger charge is -2.26. The number of anilines is 1. The molecule has 164 valence electrons. The van der Waals surface area contributed by atoms with Gasteiger partial charge in [0.15, 0.2) is 15.2 Å². The van der Waals surface area contributed by atoms with E-state index in [0.29, 0.717) is 9.22 Å². The van der Waals surface area contributed by atoms with Gasteiger partial charge < -0.3 is 15.3 Å². The summed E-state index contributed by atoms with van der Waals surface area (Å²) in [6.45, 7) is 8.32. The number of benzene rings is 1. The Labute approximate surface area is 191 Å². The number of thioether (sulfide) groups is 1. The van der Waals surface area contributed by atoms with E-state index in [9.17, 15) is 9.59 Å². The van der Waals surface area contributed by atoms with Crippen LogP contribution in [0.25, 0.3) is 10.2 Å². The number of carbonyl (C=O) groups excluding carboxylic acids is 2. The van der Waals surface area contributed by atoms with Crippen molar-refractivity contribution in [1.82, 2.24) is 9.97 Å². The standard InChI is InChI=1S/C20H22N4O4S3/c1-19(2,3)27-16(26)20(4,5)28-24-14(13-10-22-17(21)29-13)15(25)31-18-23-11-8-6-7-9-12(11)30-18/h6-10H,1-5H3,(H2,21,22)/b24-14+. The Bertz CT molecular complexity index is 1110. The summed E-state index contributed by atoms with van der Waals surface area (Å²) >= 11 is 3.43. The Balaban J connectivity index is 1.85. The fraction of sp³-hybridized carbons (Fsp3) is 0.350. The molecule has 0 unspecified atom stereocenters. The number of nitrogens with zero attached hydrogens (tertiary/aromatic N) is 3. The minimum absolute atomic E-state index is 0.00455. The van der Waals surface area contributed by atoms with Gasteiger partial charge in [-0.05, 0) is 58.5 Å². The molecule has 0 saturated carbocycles. The predicted octanol–water partition coefficient (Wildman–Crippen LogP) is 4.49. The monoisotopic (exact) mass is 478 g/mol. The molecule has 2 N–H and O–H groups in total. The molecule has 2 heterocycles. The number of aromatic nitrogens is 2. The zero-order valence-electron chi connectivity index (χ0n) is 17.7. The fourth-order valence-corrected chi connectivity index (χ4v) is 4.83. The quantitative estimate of drug-likeness (QED) is 0.238. The van der Waals surface area contributed by atoms with Gasteiger partial charge in [0.1, 0.15) is 5.60 Å². The number of hydrogen-bond donors (Lipinski definition) is 1. The molecule has 0 amide bonds. The van der Waals surface area contributed by atoms with E-state index in [1.165, 1.54) is 31.4 Å². The summed E-state index contributed by atoms with van der Waals surface area (Å²) in [5.41, 5.74) is 4.44. The average molecular weight is 479 g/mol. The van der Waals surface area contributed by atoms with Gasteiger partial charge in [-0.1, -0.05) is 28.6 Å². The molecule has 0 atom stereocenters. The van der Waals surface area contributed by atoms with Gasteiger partial charge >= 0.3 is 5.97 Å². The van der Waals surface area contributed by atoms with E-state index in [1.54, 1.807) is 20.8 Å². The summed E-state index contributed by atoms with van der Waals surface area (Å²) in [4.78, 5) is 39.9. The summed E-state index contributed by atoms with van der Waals surface area (Å²) in [5, 5.41) is 3.90. The van der Waals surface area contributed by atoms with Crippen LogP contribution < -0.4 is 5.73 Å². The number of rotatable bonds is 6. The molecule has 0 aliphatic heterocycles. The molecule has 0 aliphatic rings. The van der Waals surface area contributed by atoms with Crippen molar-refractivity contribution < 1.29 is 19.2 Å². The van der Waals surface area contributed by atoms with Crippen LogP contribution in [0, 0.1) is 0 Å². The van der Waals surface area contributed by atoms with E-state index in [4.69, 9.17) is 15.3 Å². The van der Waals surface area contributed by atoms with Crippen LogP contribution >= 0.6 is 34.4 Å². The van der Waals surface area contributed by atoms with Crippen molar-refractivity contribution in [1.29, 1.82) is 0 Å². The lowest BCUT2D eigenvalue weighted by Crippen LogP contribution is -2.40. The number of para-hydroxylation sites is 1. The smallest absolute Gasteiger partial charge is 0.353 e. The summed E-state index contributed by atoms with van der Waals surface area (Å²) < 4.78 is 6.92. The highest BCUT2D eigenvalue weighted by molar-refractivity contribution is 8.16. The van der Waals surface area contributed by atoms with E-state index in [0.717, 1.165) is 33.3 Å². The van der Waals surface area contributed by atoms with Crippen LogP contribution in [-0.2, 0) is 19.2 Å². The molecule has 3 rings (SSSR count). The molecule has 11 heteroatoms. The Morgan fingerprint density at radius 3 is 2.45 bits per heavy atom. The van der Waals surface area contributed by atoms with Crippen molar-refractivity contribution >= 4 is 66.6 Å². The zero-order valence-corrected chi connectivity index (χ0v) is 20.1. The number of ether oxygens (including phenoxy) is 1. The highest BCUT2D eigenvalue weighted by atomic mass is 32.2. The minimum Gasteiger partial charge on any atom is -0.457 e. The van der Waals surface area contributed by atoms with Crippen LogP contribution in [-0.4, -0.2) is 38.0 Å². The van der Waals surface area contributed by atoms with Crippen LogP contribution in [0.1, 0.15) is 39.5 Å². The Morgan fingerprint density at radius 1 is 1.13 bits per heavy atom. The second-order valence-electron chi connectivity index (χ2n) is 7.94. The molecular weight excluding hydrogens is 456 g/mol. The molecule has 0 spiro atoms. The molecular formula is C20H22N4O4S3. The number of esters is 1. The Hall–Kier alpha value is -2.50. The molecule has 31 heavy (non-hydrogen) atoms. The SMILES string of the molecule is CC(C)(C)OC(=O)C(C)(C)O/N=C(/C(=O)Sc1nc2ccccc2s1)c1cnc(N)s1. The molecule has 8 nitrogen and oxygen atoms in total. The third-order valence-electron chi connectivity index (χ3n) is 3.66. The number of nitrogen functional groups attached to an aromatic ring is 1. The second kappa shape index (κ2) is 8.93. The first-order valence-corrected chi connectivity index (χ1v) is 11.7. The van der Waals surface area contributed by atoms with Crippen molar-refractivity contribution in [3.63, 3.8) is 0 Å². The number of hydrogen-bond acceptors (Lipinski definition) is 11. The third-order valence-corrected chi connectivity index (χ3v) is 6.47. The van der Waals surface area contributed by atoms with Gasteiger partial charge in [-0.2, -0.15) is 0 Å².